The number of nitrogens with two attached hydrogens (primary N) is 2. The molecule has 0 radical (unpaired) electrons. The van der Waals surface area contributed by atoms with Crippen LogP contribution in [0, 0.1) is 11.8 Å². The van der Waals surface area contributed by atoms with Crippen LogP contribution in [0.25, 0.3) is 10.8 Å². The molecule has 2 aromatic rings. The summed E-state index contributed by atoms with van der Waals surface area (Å²) in [6.07, 6.45) is 1.47. The average Bonchev–Trinajstić information content (AvgIpc) is 1.62. The van der Waals surface area contributed by atoms with E-state index in [0.29, 0.717) is 43.0 Å². The molecule has 0 aliphatic carbocycles. The number of nitrogens with one attached hydrogen (secondary N) is 14. The molecule has 0 unspecified atom stereocenters. The largest absolute Gasteiger partial charge is 0.481 e. The van der Waals surface area contributed by atoms with E-state index in [1.807, 2.05) is 30.0 Å². The maximum Gasteiger partial charge on any atom is 0.315 e. The summed E-state index contributed by atoms with van der Waals surface area (Å²) in [6, 6.07) is -0.174. The van der Waals surface area contributed by atoms with E-state index in [2.05, 4.69) is 74.4 Å². The molecule has 0 saturated carbocycles. The fraction of sp³-hybridized carbons (Fsp3) is 0.662. The summed E-state index contributed by atoms with van der Waals surface area (Å²) in [4.78, 5) is 212. The van der Waals surface area contributed by atoms with Crippen LogP contribution in [0.3, 0.4) is 0 Å². The molecule has 2 aliphatic rings. The van der Waals surface area contributed by atoms with Gasteiger partial charge in [0.15, 0.2) is 0 Å². The van der Waals surface area contributed by atoms with Gasteiger partial charge in [0.2, 0.25) is 76.8 Å². The van der Waals surface area contributed by atoms with Crippen LogP contribution in [0.2, 0.25) is 0 Å². The Morgan fingerprint density at radius 2 is 0.966 bits per heavy atom. The molecule has 39 heteroatoms. The minimum Gasteiger partial charge on any atom is -0.481 e. The number of carbonyl (C=O) groups is 16. The van der Waals surface area contributed by atoms with E-state index in [1.165, 1.54) is 20.8 Å². The highest BCUT2D eigenvalue weighted by atomic mass is 32.2. The van der Waals surface area contributed by atoms with Crippen LogP contribution in [0.15, 0.2) is 42.5 Å². The second-order valence-electron chi connectivity index (χ2n) is 28.9. The lowest BCUT2D eigenvalue weighted by molar-refractivity contribution is -0.139. The number of carbonyl (C=O) groups excluding carboxylic acids is 14. The van der Waals surface area contributed by atoms with E-state index >= 15 is 4.79 Å². The number of amides is 15. The fourth-order valence-corrected chi connectivity index (χ4v) is 14.0. The van der Waals surface area contributed by atoms with Gasteiger partial charge in [-0.3, -0.25) is 71.9 Å². The zero-order valence-electron chi connectivity index (χ0n) is 67.5. The van der Waals surface area contributed by atoms with Crippen molar-refractivity contribution in [2.75, 3.05) is 84.8 Å². The van der Waals surface area contributed by atoms with E-state index in [4.69, 9.17) is 30.4 Å². The SMILES string of the molecule is CC[C@H](C)[C@H](NC(=O)[C@H](C)NC(C)=O)C(=O)N[C@@H](CCC(=O)O)C(=O)N[C@@H](CCCCN)C(=O)N[C@@H](CCCCNC(=O)COCCOCCNC(=O)COCCOCCNC(=O)CCCC[C@@H]1SC[C@@H]2NC(=O)N[C@@H]21)C(=O)N[C@@H](Cc1ccc2ccccc2c1)C(=O)N[C@@H](CCC(=O)O)C(=O)N[C@H](C(=O)N[C@@H](C)C(N)=O)[C@@H](C)CC. The number of primary amides is 1. The minimum atomic E-state index is -1.66. The van der Waals surface area contributed by atoms with Gasteiger partial charge >= 0.3 is 18.0 Å². The van der Waals surface area contributed by atoms with Gasteiger partial charge in [0.1, 0.15) is 67.6 Å². The molecule has 4 rings (SSSR count). The molecule has 648 valence electrons. The van der Waals surface area contributed by atoms with Crippen molar-refractivity contribution in [1.82, 2.24) is 74.4 Å². The molecule has 2 saturated heterocycles. The zero-order valence-corrected chi connectivity index (χ0v) is 68.3. The van der Waals surface area contributed by atoms with Crippen molar-refractivity contribution in [2.45, 2.75) is 229 Å². The number of aliphatic carboxylic acids is 2. The summed E-state index contributed by atoms with van der Waals surface area (Å²) in [5.41, 5.74) is 11.8. The lowest BCUT2D eigenvalue weighted by Gasteiger charge is -2.29. The number of benzene rings is 2. The third-order valence-electron chi connectivity index (χ3n) is 19.5. The van der Waals surface area contributed by atoms with Crippen molar-refractivity contribution < 1.29 is 106 Å². The Morgan fingerprint density at radius 1 is 0.491 bits per heavy atom. The van der Waals surface area contributed by atoms with E-state index < -0.39 is 169 Å². The molecule has 2 aromatic carbocycles. The minimum absolute atomic E-state index is 0.00388. The molecule has 0 spiro atoms. The third-order valence-corrected chi connectivity index (χ3v) is 21.0. The standard InChI is InChI=1S/C77H122N16O22S/c1-8-45(3)65(75(109)84-47(5)68(79)102)92-73(107)56(27-29-64(100)101)87-74(108)57(41-50-24-25-51-18-10-11-19-52(51)40-50)89-71(105)54(85-70(104)53(20-14-16-30-78)86-72(106)55(26-28-63(98)99)88-76(110)66(46(4)9-2)91-69(103)48(6)83-49(7)94)21-15-17-31-80-61(96)42-114-38-37-113-35-33-82-62(97)43-115-39-36-112-34-32-81-60(95)23-13-12-22-59-67-58(44-116-59)90-77(111)93-67/h10-11,18-19,24-25,40,45-48,53-59,65-67H,8-9,12-17,20-23,26-39,41-44,78H2,1-7H3,(H2,79,102)(H,80,96)(H,81,95)(H,82,97)(H,83,94)(H,84,109)(H,85,104)(H,86,106)(H,87,108)(H,88,110)(H,89,105)(H,91,103)(H,92,107)(H,98,99)(H,100,101)(H2,90,93,111)/t45-,46-,47-,48-,53-,54-,55-,56-,57-,58-,59-,65-,66-,67-/m0/s1. The van der Waals surface area contributed by atoms with Crippen molar-refractivity contribution in [1.29, 1.82) is 0 Å². The number of carboxylic acids is 2. The third kappa shape index (κ3) is 37.8. The molecule has 0 aromatic heterocycles. The summed E-state index contributed by atoms with van der Waals surface area (Å²) in [5, 5.41) is 58.8. The summed E-state index contributed by atoms with van der Waals surface area (Å²) in [6.45, 7) is 11.5. The molecule has 15 amide bonds. The molecular weight excluding hydrogens is 1530 g/mol. The van der Waals surface area contributed by atoms with Gasteiger partial charge < -0.3 is 115 Å². The highest BCUT2D eigenvalue weighted by Gasteiger charge is 2.43. The number of rotatable bonds is 60. The van der Waals surface area contributed by atoms with Gasteiger partial charge in [0.25, 0.3) is 0 Å². The molecular formula is C77H122N16O22S. The number of fused-ring (bicyclic) bond motifs is 2. The van der Waals surface area contributed by atoms with Gasteiger partial charge in [-0.1, -0.05) is 89.4 Å². The molecule has 0 bridgehead atoms. The first-order valence-corrected chi connectivity index (χ1v) is 40.8. The van der Waals surface area contributed by atoms with Crippen molar-refractivity contribution in [3.63, 3.8) is 0 Å². The normalized spacial score (nSPS) is 17.0. The van der Waals surface area contributed by atoms with Gasteiger partial charge in [-0.15, -0.1) is 0 Å². The van der Waals surface area contributed by atoms with Crippen molar-refractivity contribution in [3.8, 4) is 0 Å². The van der Waals surface area contributed by atoms with Crippen LogP contribution in [0.1, 0.15) is 157 Å². The zero-order chi connectivity index (χ0) is 85.7. The van der Waals surface area contributed by atoms with Crippen LogP contribution in [-0.4, -0.2) is 261 Å². The summed E-state index contributed by atoms with van der Waals surface area (Å²) in [7, 11) is 0. The predicted molar refractivity (Wildman–Crippen MR) is 427 cm³/mol. The highest BCUT2D eigenvalue weighted by Crippen LogP contribution is 2.33. The van der Waals surface area contributed by atoms with Gasteiger partial charge in [0, 0.05) is 63.2 Å². The van der Waals surface area contributed by atoms with Crippen LogP contribution in [-0.2, 0) is 97.3 Å². The second-order valence-corrected chi connectivity index (χ2v) is 30.2. The Labute approximate surface area is 680 Å². The fourth-order valence-electron chi connectivity index (χ4n) is 12.4. The first kappa shape index (κ1) is 98.5. The molecule has 14 atom stereocenters. The summed E-state index contributed by atoms with van der Waals surface area (Å²) < 4.78 is 21.9. The Bertz CT molecular complexity index is 3580. The van der Waals surface area contributed by atoms with E-state index in [0.717, 1.165) is 35.8 Å². The molecule has 20 N–H and O–H groups in total. The van der Waals surface area contributed by atoms with Crippen molar-refractivity contribution in [2.24, 2.45) is 23.3 Å². The molecule has 116 heavy (non-hydrogen) atoms. The lowest BCUT2D eigenvalue weighted by atomic mass is 9.97. The summed E-state index contributed by atoms with van der Waals surface area (Å²) in [5.74, 6) is -12.7. The Kier molecular flexibility index (Phi) is 46.0. The number of carboxylic acid groups (broad SMARTS) is 2. The van der Waals surface area contributed by atoms with Gasteiger partial charge in [-0.05, 0) is 113 Å². The van der Waals surface area contributed by atoms with Crippen molar-refractivity contribution in [3.05, 3.63) is 48.0 Å². The molecule has 2 aliphatic heterocycles. The average molecular weight is 1660 g/mol. The first-order chi connectivity index (χ1) is 55.3. The van der Waals surface area contributed by atoms with Crippen LogP contribution in [0.4, 0.5) is 4.79 Å². The number of unbranched alkanes of at least 4 members (excludes halogenated alkanes) is 3. The smallest absolute Gasteiger partial charge is 0.315 e. The van der Waals surface area contributed by atoms with E-state index in [-0.39, 0.29) is 141 Å². The van der Waals surface area contributed by atoms with Gasteiger partial charge in [-0.25, -0.2) is 4.79 Å². The predicted octanol–water partition coefficient (Wildman–Crippen LogP) is -1.45. The van der Waals surface area contributed by atoms with Crippen LogP contribution >= 0.6 is 11.8 Å². The quantitative estimate of drug-likeness (QED) is 0.0266. The summed E-state index contributed by atoms with van der Waals surface area (Å²) >= 11 is 1.84. The molecule has 38 nitrogen and oxygen atoms in total. The van der Waals surface area contributed by atoms with E-state index in [1.54, 1.807) is 52.0 Å². The Hall–Kier alpha value is -9.83. The number of thioether (sulfide) groups is 1. The maximum absolute atomic E-state index is 15.1. The van der Waals surface area contributed by atoms with Gasteiger partial charge in [-0.2, -0.15) is 11.8 Å². The first-order valence-electron chi connectivity index (χ1n) is 39.7. The Balaban J connectivity index is 1.45. The second kappa shape index (κ2) is 54.2. The number of hydrogen-bond donors (Lipinski definition) is 18. The monoisotopic (exact) mass is 1650 g/mol. The van der Waals surface area contributed by atoms with Crippen LogP contribution in [0.5, 0.6) is 0 Å². The topological polar surface area (TPSA) is 571 Å². The highest BCUT2D eigenvalue weighted by molar-refractivity contribution is 8.00. The van der Waals surface area contributed by atoms with Crippen LogP contribution < -0.4 is 85.9 Å². The van der Waals surface area contributed by atoms with Gasteiger partial charge in [0.05, 0.1) is 51.7 Å². The van der Waals surface area contributed by atoms with E-state index in [9.17, 15) is 82.1 Å². The Morgan fingerprint density at radius 3 is 1.50 bits per heavy atom. The maximum atomic E-state index is 15.1. The number of hydrogen-bond acceptors (Lipinski definition) is 22. The lowest BCUT2D eigenvalue weighted by Crippen LogP contribution is -2.61. The molecule has 2 fully saturated rings. The van der Waals surface area contributed by atoms with Crippen molar-refractivity contribution >= 4 is 117 Å². The number of urea groups is 1. The number of ether oxygens (including phenoxy) is 4. The molecule has 2 heterocycles.